The van der Waals surface area contributed by atoms with E-state index >= 15 is 0 Å². The second-order valence-electron chi connectivity index (χ2n) is 5.91. The highest BCUT2D eigenvalue weighted by atomic mass is 15.1. The predicted octanol–water partition coefficient (Wildman–Crippen LogP) is -1.14. The summed E-state index contributed by atoms with van der Waals surface area (Å²) in [6.07, 6.45) is 7.84. The second kappa shape index (κ2) is 4.67. The maximum absolute atomic E-state index is 2.48. The SMILES string of the molecule is C[NH+](C)CC[NH+](C)C[C@@H]1C[C@@H]2C=C[C@H]1C2. The zero-order chi connectivity index (χ0) is 10.8. The summed E-state index contributed by atoms with van der Waals surface area (Å²) in [6, 6.07) is 0. The monoisotopic (exact) mass is 210 g/mol. The predicted molar refractivity (Wildman–Crippen MR) is 63.1 cm³/mol. The fourth-order valence-corrected chi connectivity index (χ4v) is 3.14. The van der Waals surface area contributed by atoms with Gasteiger partial charge in [-0.05, 0) is 24.7 Å². The minimum absolute atomic E-state index is 0.927. The van der Waals surface area contributed by atoms with Gasteiger partial charge in [-0.15, -0.1) is 0 Å². The molecule has 2 aliphatic rings. The molecule has 2 N–H and O–H groups in total. The van der Waals surface area contributed by atoms with E-state index in [9.17, 15) is 0 Å². The van der Waals surface area contributed by atoms with E-state index in [1.807, 2.05) is 0 Å². The molecular weight excluding hydrogens is 184 g/mol. The van der Waals surface area contributed by atoms with Crippen molar-refractivity contribution >= 4 is 0 Å². The van der Waals surface area contributed by atoms with Gasteiger partial charge in [0.25, 0.3) is 0 Å². The molecule has 2 bridgehead atoms. The van der Waals surface area contributed by atoms with E-state index in [1.54, 1.807) is 9.80 Å². The number of nitrogens with one attached hydrogen (secondary N) is 2. The first-order chi connectivity index (χ1) is 7.15. The fraction of sp³-hybridized carbons (Fsp3) is 0.846. The lowest BCUT2D eigenvalue weighted by Gasteiger charge is -2.22. The highest BCUT2D eigenvalue weighted by Gasteiger charge is 2.37. The number of rotatable bonds is 5. The van der Waals surface area contributed by atoms with Gasteiger partial charge in [-0.25, -0.2) is 0 Å². The van der Waals surface area contributed by atoms with Crippen LogP contribution in [0.3, 0.4) is 0 Å². The Kier molecular flexibility index (Phi) is 3.47. The standard InChI is InChI=1S/C13H24N2/c1-14(2)6-7-15(3)10-13-9-11-4-5-12(13)8-11/h4-5,11-13H,6-10H2,1-3H3/p+2/t11-,12+,13+/m1/s1. The number of likely N-dealkylation sites (N-methyl/N-ethyl adjacent to an activating group) is 2. The van der Waals surface area contributed by atoms with Crippen LogP contribution >= 0.6 is 0 Å². The van der Waals surface area contributed by atoms with E-state index in [2.05, 4.69) is 33.3 Å². The summed E-state index contributed by atoms with van der Waals surface area (Å²) >= 11 is 0. The molecule has 0 heterocycles. The first-order valence-electron chi connectivity index (χ1n) is 6.44. The molecule has 86 valence electrons. The van der Waals surface area contributed by atoms with E-state index in [1.165, 1.54) is 32.5 Å². The lowest BCUT2D eigenvalue weighted by atomic mass is 9.93. The lowest BCUT2D eigenvalue weighted by Crippen LogP contribution is -3.16. The van der Waals surface area contributed by atoms with E-state index in [4.69, 9.17) is 0 Å². The molecule has 0 saturated heterocycles. The van der Waals surface area contributed by atoms with Crippen LogP contribution in [-0.2, 0) is 0 Å². The molecule has 0 radical (unpaired) electrons. The summed E-state index contributed by atoms with van der Waals surface area (Å²) in [4.78, 5) is 3.30. The average molecular weight is 210 g/mol. The molecule has 0 amide bonds. The maximum Gasteiger partial charge on any atom is 0.127 e. The van der Waals surface area contributed by atoms with Crippen molar-refractivity contribution in [3.05, 3.63) is 12.2 Å². The molecule has 0 aromatic heterocycles. The largest absolute Gasteiger partial charge is 0.335 e. The minimum atomic E-state index is 0.927. The molecule has 1 saturated carbocycles. The Morgan fingerprint density at radius 3 is 2.40 bits per heavy atom. The van der Waals surface area contributed by atoms with Crippen LogP contribution in [0.4, 0.5) is 0 Å². The summed E-state index contributed by atoms with van der Waals surface area (Å²) in [7, 11) is 6.85. The molecule has 2 nitrogen and oxygen atoms in total. The quantitative estimate of drug-likeness (QED) is 0.531. The van der Waals surface area contributed by atoms with Crippen molar-refractivity contribution in [2.45, 2.75) is 12.8 Å². The zero-order valence-electron chi connectivity index (χ0n) is 10.4. The Labute approximate surface area is 93.9 Å². The van der Waals surface area contributed by atoms with E-state index in [-0.39, 0.29) is 0 Å². The summed E-state index contributed by atoms with van der Waals surface area (Å²) in [5.74, 6) is 2.85. The zero-order valence-corrected chi connectivity index (χ0v) is 10.4. The van der Waals surface area contributed by atoms with Crippen LogP contribution in [-0.4, -0.2) is 40.8 Å². The fourth-order valence-electron chi connectivity index (χ4n) is 3.14. The second-order valence-corrected chi connectivity index (χ2v) is 5.91. The van der Waals surface area contributed by atoms with Crippen molar-refractivity contribution in [3.8, 4) is 0 Å². The van der Waals surface area contributed by atoms with Crippen LogP contribution in [0.25, 0.3) is 0 Å². The number of hydrogen-bond acceptors (Lipinski definition) is 0. The molecule has 2 aliphatic carbocycles. The topological polar surface area (TPSA) is 8.88 Å². The van der Waals surface area contributed by atoms with Crippen LogP contribution < -0.4 is 9.80 Å². The van der Waals surface area contributed by atoms with Crippen molar-refractivity contribution < 1.29 is 9.80 Å². The summed E-state index contributed by atoms with van der Waals surface area (Å²) in [6.45, 7) is 4.00. The van der Waals surface area contributed by atoms with Gasteiger partial charge >= 0.3 is 0 Å². The summed E-state index contributed by atoms with van der Waals surface area (Å²) in [5, 5.41) is 0. The maximum atomic E-state index is 2.48. The van der Waals surface area contributed by atoms with E-state index in [0.717, 1.165) is 17.8 Å². The molecule has 2 rings (SSSR count). The molecule has 0 spiro atoms. The Morgan fingerprint density at radius 2 is 1.87 bits per heavy atom. The third-order valence-corrected chi connectivity index (χ3v) is 4.08. The minimum Gasteiger partial charge on any atom is -0.335 e. The molecule has 0 aromatic carbocycles. The highest BCUT2D eigenvalue weighted by Crippen LogP contribution is 2.42. The molecule has 1 unspecified atom stereocenters. The molecule has 1 fully saturated rings. The van der Waals surface area contributed by atoms with E-state index < -0.39 is 0 Å². The molecule has 4 atom stereocenters. The number of allylic oxidation sites excluding steroid dienone is 2. The molecule has 0 aliphatic heterocycles. The van der Waals surface area contributed by atoms with Gasteiger partial charge in [-0.2, -0.15) is 0 Å². The number of fused-ring (bicyclic) bond motifs is 2. The van der Waals surface area contributed by atoms with Crippen molar-refractivity contribution in [3.63, 3.8) is 0 Å². The Bertz CT molecular complexity index is 235. The van der Waals surface area contributed by atoms with Gasteiger partial charge in [-0.1, -0.05) is 12.2 Å². The van der Waals surface area contributed by atoms with Crippen LogP contribution in [0.5, 0.6) is 0 Å². The normalized spacial score (nSPS) is 35.3. The molecular formula is C13H26N2+2. The van der Waals surface area contributed by atoms with E-state index in [0.29, 0.717) is 0 Å². The van der Waals surface area contributed by atoms with Gasteiger partial charge in [0, 0.05) is 5.92 Å². The lowest BCUT2D eigenvalue weighted by molar-refractivity contribution is -0.931. The first kappa shape index (κ1) is 11.2. The molecule has 0 aromatic rings. The van der Waals surface area contributed by atoms with Crippen LogP contribution in [0, 0.1) is 17.8 Å². The first-order valence-corrected chi connectivity index (χ1v) is 6.44. The van der Waals surface area contributed by atoms with Gasteiger partial charge in [0.15, 0.2) is 0 Å². The van der Waals surface area contributed by atoms with Gasteiger partial charge in [0.1, 0.15) is 13.1 Å². The van der Waals surface area contributed by atoms with Gasteiger partial charge < -0.3 is 9.80 Å². The Balaban J connectivity index is 1.71. The summed E-state index contributed by atoms with van der Waals surface area (Å²) in [5.41, 5.74) is 0. The van der Waals surface area contributed by atoms with Gasteiger partial charge in [0.05, 0.1) is 27.7 Å². The van der Waals surface area contributed by atoms with Crippen molar-refractivity contribution in [2.75, 3.05) is 40.8 Å². The molecule has 15 heavy (non-hydrogen) atoms. The van der Waals surface area contributed by atoms with Crippen LogP contribution in [0.1, 0.15) is 12.8 Å². The highest BCUT2D eigenvalue weighted by molar-refractivity contribution is 5.09. The summed E-state index contributed by atoms with van der Waals surface area (Å²) < 4.78 is 0. The average Bonchev–Trinajstić information content (AvgIpc) is 2.76. The number of quaternary nitrogens is 2. The number of hydrogen-bond donors (Lipinski definition) is 2. The third kappa shape index (κ3) is 2.82. The Hall–Kier alpha value is -0.340. The van der Waals surface area contributed by atoms with Gasteiger partial charge in [-0.3, -0.25) is 0 Å². The van der Waals surface area contributed by atoms with Crippen LogP contribution in [0.2, 0.25) is 0 Å². The smallest absolute Gasteiger partial charge is 0.127 e. The van der Waals surface area contributed by atoms with Crippen LogP contribution in [0.15, 0.2) is 12.2 Å². The van der Waals surface area contributed by atoms with Gasteiger partial charge in [0.2, 0.25) is 0 Å². The third-order valence-electron chi connectivity index (χ3n) is 4.08. The van der Waals surface area contributed by atoms with Crippen molar-refractivity contribution in [2.24, 2.45) is 17.8 Å². The van der Waals surface area contributed by atoms with Crippen molar-refractivity contribution in [1.29, 1.82) is 0 Å². The van der Waals surface area contributed by atoms with Crippen molar-refractivity contribution in [1.82, 2.24) is 0 Å². The Morgan fingerprint density at radius 1 is 1.07 bits per heavy atom. The molecule has 2 heteroatoms.